The van der Waals surface area contributed by atoms with Crippen LogP contribution in [-0.4, -0.2) is 75.6 Å². The van der Waals surface area contributed by atoms with Gasteiger partial charge in [0.15, 0.2) is 11.5 Å². The monoisotopic (exact) mass is 336 g/mol. The van der Waals surface area contributed by atoms with Crippen molar-refractivity contribution < 1.29 is 23.7 Å². The normalized spacial score (nSPS) is 17.0. The topological polar surface area (TPSA) is 60.5 Å². The van der Waals surface area contributed by atoms with E-state index in [-0.39, 0.29) is 19.3 Å². The van der Waals surface area contributed by atoms with Gasteiger partial charge in [0.25, 0.3) is 0 Å². The number of rotatable bonds is 7. The van der Waals surface area contributed by atoms with Gasteiger partial charge >= 0.3 is 0 Å². The van der Waals surface area contributed by atoms with Crippen LogP contribution >= 0.6 is 0 Å². The lowest BCUT2D eigenvalue weighted by Crippen LogP contribution is -2.43. The quantitative estimate of drug-likeness (QED) is 0.731. The molecule has 0 spiro atoms. The van der Waals surface area contributed by atoms with Gasteiger partial charge in [0.05, 0.1) is 13.2 Å². The van der Waals surface area contributed by atoms with Crippen molar-refractivity contribution in [1.29, 1.82) is 0 Å². The molecule has 1 saturated heterocycles. The number of amides is 1. The number of nitrogens with zero attached hydrogens (tertiary/aromatic N) is 2. The van der Waals surface area contributed by atoms with Crippen LogP contribution in [0.3, 0.4) is 0 Å². The Labute approximate surface area is 142 Å². The van der Waals surface area contributed by atoms with E-state index in [0.29, 0.717) is 13.1 Å². The van der Waals surface area contributed by atoms with Crippen molar-refractivity contribution in [3.8, 4) is 11.5 Å². The molecule has 132 valence electrons. The van der Waals surface area contributed by atoms with Gasteiger partial charge in [0.2, 0.25) is 12.7 Å². The van der Waals surface area contributed by atoms with Crippen LogP contribution in [0.2, 0.25) is 0 Å². The van der Waals surface area contributed by atoms with Gasteiger partial charge in [-0.25, -0.2) is 0 Å². The minimum Gasteiger partial charge on any atom is -0.454 e. The predicted molar refractivity (Wildman–Crippen MR) is 87.1 cm³/mol. The molecule has 1 aromatic rings. The fourth-order valence-corrected chi connectivity index (χ4v) is 2.85. The molecule has 2 heterocycles. The lowest BCUT2D eigenvalue weighted by molar-refractivity contribution is -0.136. The minimum atomic E-state index is -0.0107. The van der Waals surface area contributed by atoms with Gasteiger partial charge in [-0.05, 0) is 17.7 Å². The summed E-state index contributed by atoms with van der Waals surface area (Å²) < 4.78 is 21.1. The fraction of sp³-hybridized carbons (Fsp3) is 0.588. The Balaban J connectivity index is 1.61. The summed E-state index contributed by atoms with van der Waals surface area (Å²) in [7, 11) is 1.54. The molecule has 0 radical (unpaired) electrons. The third-order valence-corrected chi connectivity index (χ3v) is 4.22. The SMILES string of the molecule is COCC(=O)N(CCN1CCOCC1)Cc1ccc2c(c1)OCO2. The zero-order valence-corrected chi connectivity index (χ0v) is 14.0. The molecule has 1 aromatic carbocycles. The van der Waals surface area contributed by atoms with Crippen LogP contribution in [0, 0.1) is 0 Å². The number of morpholine rings is 1. The molecule has 2 aliphatic heterocycles. The molecular weight excluding hydrogens is 312 g/mol. The molecule has 0 aliphatic carbocycles. The predicted octanol–water partition coefficient (Wildman–Crippen LogP) is 0.723. The van der Waals surface area contributed by atoms with Crippen LogP contribution in [0.4, 0.5) is 0 Å². The summed E-state index contributed by atoms with van der Waals surface area (Å²) in [6.45, 7) is 5.72. The van der Waals surface area contributed by atoms with E-state index in [1.807, 2.05) is 23.1 Å². The highest BCUT2D eigenvalue weighted by Gasteiger charge is 2.19. The average molecular weight is 336 g/mol. The van der Waals surface area contributed by atoms with Crippen molar-refractivity contribution >= 4 is 5.91 Å². The first kappa shape index (κ1) is 17.0. The van der Waals surface area contributed by atoms with Crippen LogP contribution in [-0.2, 0) is 20.8 Å². The van der Waals surface area contributed by atoms with E-state index >= 15 is 0 Å². The van der Waals surface area contributed by atoms with Gasteiger partial charge in [-0.2, -0.15) is 0 Å². The van der Waals surface area contributed by atoms with Gasteiger partial charge < -0.3 is 23.8 Å². The Morgan fingerprint density at radius 2 is 2.04 bits per heavy atom. The Bertz CT molecular complexity index is 560. The highest BCUT2D eigenvalue weighted by atomic mass is 16.7. The number of ether oxygens (including phenoxy) is 4. The lowest BCUT2D eigenvalue weighted by Gasteiger charge is -2.30. The number of fused-ring (bicyclic) bond motifs is 1. The number of carbonyl (C=O) groups excluding carboxylic acids is 1. The molecule has 0 aromatic heterocycles. The van der Waals surface area contributed by atoms with Gasteiger partial charge in [0, 0.05) is 39.8 Å². The third-order valence-electron chi connectivity index (χ3n) is 4.22. The van der Waals surface area contributed by atoms with Crippen LogP contribution in [0.1, 0.15) is 5.56 Å². The van der Waals surface area contributed by atoms with E-state index in [2.05, 4.69) is 4.90 Å². The Kier molecular flexibility index (Phi) is 5.90. The van der Waals surface area contributed by atoms with Crippen molar-refractivity contribution in [1.82, 2.24) is 9.80 Å². The third kappa shape index (κ3) is 4.37. The zero-order chi connectivity index (χ0) is 16.8. The second-order valence-electron chi connectivity index (χ2n) is 5.89. The maximum absolute atomic E-state index is 12.4. The summed E-state index contributed by atoms with van der Waals surface area (Å²) in [6.07, 6.45) is 0. The molecule has 0 unspecified atom stereocenters. The molecule has 0 N–H and O–H groups in total. The molecule has 0 bridgehead atoms. The number of methoxy groups -OCH3 is 1. The Morgan fingerprint density at radius 1 is 1.25 bits per heavy atom. The summed E-state index contributed by atoms with van der Waals surface area (Å²) in [5, 5.41) is 0. The van der Waals surface area contributed by atoms with Crippen molar-refractivity contribution in [2.24, 2.45) is 0 Å². The van der Waals surface area contributed by atoms with Gasteiger partial charge in [-0.1, -0.05) is 6.07 Å². The van der Waals surface area contributed by atoms with E-state index in [9.17, 15) is 4.79 Å². The van der Waals surface area contributed by atoms with Crippen molar-refractivity contribution in [3.63, 3.8) is 0 Å². The molecule has 7 heteroatoms. The van der Waals surface area contributed by atoms with Crippen molar-refractivity contribution in [2.75, 3.05) is 59.9 Å². The van der Waals surface area contributed by atoms with E-state index in [1.54, 1.807) is 7.11 Å². The molecule has 2 aliphatic rings. The molecule has 1 fully saturated rings. The van der Waals surface area contributed by atoms with Gasteiger partial charge in [0.1, 0.15) is 6.61 Å². The fourth-order valence-electron chi connectivity index (χ4n) is 2.85. The molecule has 24 heavy (non-hydrogen) atoms. The van der Waals surface area contributed by atoms with Gasteiger partial charge in [-0.15, -0.1) is 0 Å². The maximum atomic E-state index is 12.4. The van der Waals surface area contributed by atoms with Crippen LogP contribution in [0.25, 0.3) is 0 Å². The summed E-state index contributed by atoms with van der Waals surface area (Å²) >= 11 is 0. The molecule has 1 amide bonds. The van der Waals surface area contributed by atoms with Crippen molar-refractivity contribution in [3.05, 3.63) is 23.8 Å². The molecule has 0 atom stereocenters. The first-order chi connectivity index (χ1) is 11.8. The first-order valence-corrected chi connectivity index (χ1v) is 8.21. The number of hydrogen-bond donors (Lipinski definition) is 0. The van der Waals surface area contributed by atoms with Crippen molar-refractivity contribution in [2.45, 2.75) is 6.54 Å². The second kappa shape index (κ2) is 8.32. The number of carbonyl (C=O) groups is 1. The zero-order valence-electron chi connectivity index (χ0n) is 14.0. The van der Waals surface area contributed by atoms with Crippen LogP contribution in [0.15, 0.2) is 18.2 Å². The maximum Gasteiger partial charge on any atom is 0.248 e. The molecule has 0 saturated carbocycles. The summed E-state index contributed by atoms with van der Waals surface area (Å²) in [6, 6.07) is 5.79. The Hall–Kier alpha value is -1.83. The van der Waals surface area contributed by atoms with Crippen LogP contribution < -0.4 is 9.47 Å². The minimum absolute atomic E-state index is 0.0107. The highest BCUT2D eigenvalue weighted by Crippen LogP contribution is 2.32. The average Bonchev–Trinajstić information content (AvgIpc) is 3.07. The standard InChI is InChI=1S/C17H24N2O5/c1-21-12-17(20)19(5-4-18-6-8-22-9-7-18)11-14-2-3-15-16(10-14)24-13-23-15/h2-3,10H,4-9,11-13H2,1H3. The smallest absolute Gasteiger partial charge is 0.248 e. The summed E-state index contributed by atoms with van der Waals surface area (Å²) in [5.41, 5.74) is 1.02. The molecular formula is C17H24N2O5. The number of benzene rings is 1. The first-order valence-electron chi connectivity index (χ1n) is 8.21. The van der Waals surface area contributed by atoms with E-state index in [4.69, 9.17) is 18.9 Å². The van der Waals surface area contributed by atoms with Gasteiger partial charge in [-0.3, -0.25) is 9.69 Å². The van der Waals surface area contributed by atoms with E-state index < -0.39 is 0 Å². The second-order valence-corrected chi connectivity index (χ2v) is 5.89. The van der Waals surface area contributed by atoms with E-state index in [0.717, 1.165) is 49.9 Å². The highest BCUT2D eigenvalue weighted by molar-refractivity contribution is 5.77. The lowest BCUT2D eigenvalue weighted by atomic mass is 10.2. The van der Waals surface area contributed by atoms with E-state index in [1.165, 1.54) is 0 Å². The number of hydrogen-bond acceptors (Lipinski definition) is 6. The Morgan fingerprint density at radius 3 is 2.83 bits per heavy atom. The molecule has 3 rings (SSSR count). The largest absolute Gasteiger partial charge is 0.454 e. The van der Waals surface area contributed by atoms with Crippen LogP contribution in [0.5, 0.6) is 11.5 Å². The summed E-state index contributed by atoms with van der Waals surface area (Å²) in [4.78, 5) is 16.5. The molecule has 7 nitrogen and oxygen atoms in total. The summed E-state index contributed by atoms with van der Waals surface area (Å²) in [5.74, 6) is 1.48.